The van der Waals surface area contributed by atoms with E-state index in [0.717, 1.165) is 19.4 Å². The fraction of sp³-hybridized carbons (Fsp3) is 0.688. The summed E-state index contributed by atoms with van der Waals surface area (Å²) in [5.41, 5.74) is 8.81. The number of nitrogens with two attached hydrogens (primary N) is 1. The monoisotopic (exact) mass is 262 g/mol. The van der Waals surface area contributed by atoms with Crippen molar-refractivity contribution in [3.05, 3.63) is 23.3 Å². The van der Waals surface area contributed by atoms with E-state index in [2.05, 4.69) is 20.8 Å². The minimum Gasteiger partial charge on any atom is -0.338 e. The predicted octanol–water partition coefficient (Wildman–Crippen LogP) is 2.63. The molecule has 106 valence electrons. The lowest BCUT2D eigenvalue weighted by Gasteiger charge is -2.33. The van der Waals surface area contributed by atoms with Gasteiger partial charge in [0.15, 0.2) is 0 Å². The van der Waals surface area contributed by atoms with E-state index >= 15 is 0 Å². The number of amides is 1. The number of carbonyl (C=O) groups is 1. The molecular weight excluding hydrogens is 236 g/mol. The molecule has 1 aliphatic carbocycles. The van der Waals surface area contributed by atoms with Gasteiger partial charge in [0, 0.05) is 25.2 Å². The summed E-state index contributed by atoms with van der Waals surface area (Å²) in [4.78, 5) is 14.0. The van der Waals surface area contributed by atoms with Crippen LogP contribution < -0.4 is 5.73 Å². The molecule has 2 N–H and O–H groups in total. The number of hydrogen-bond acceptors (Lipinski definition) is 2. The van der Waals surface area contributed by atoms with Crippen molar-refractivity contribution in [1.82, 2.24) is 4.90 Å². The molecule has 0 radical (unpaired) electrons. The number of allylic oxidation sites excluding steroid dienone is 3. The zero-order valence-corrected chi connectivity index (χ0v) is 12.4. The molecule has 1 atom stereocenters. The molecule has 3 nitrogen and oxygen atoms in total. The molecule has 3 heteroatoms. The number of likely N-dealkylation sites (tertiary alicyclic amines) is 1. The van der Waals surface area contributed by atoms with Gasteiger partial charge in [-0.05, 0) is 43.6 Å². The van der Waals surface area contributed by atoms with Gasteiger partial charge in [-0.3, -0.25) is 4.79 Å². The molecule has 0 spiro atoms. The van der Waals surface area contributed by atoms with Crippen molar-refractivity contribution in [2.24, 2.45) is 11.1 Å². The molecule has 1 amide bonds. The summed E-state index contributed by atoms with van der Waals surface area (Å²) in [7, 11) is 0. The first-order valence-corrected chi connectivity index (χ1v) is 7.33. The summed E-state index contributed by atoms with van der Waals surface area (Å²) in [5, 5.41) is 0. The van der Waals surface area contributed by atoms with Crippen LogP contribution in [0.4, 0.5) is 0 Å². The SMILES string of the molecule is CC1=C(C=CC(=O)N2CCC(N)C2)C(C)(C)CCC1. The van der Waals surface area contributed by atoms with Gasteiger partial charge in [-0.2, -0.15) is 0 Å². The van der Waals surface area contributed by atoms with Gasteiger partial charge >= 0.3 is 0 Å². The second-order valence-corrected chi connectivity index (χ2v) is 6.60. The lowest BCUT2D eigenvalue weighted by molar-refractivity contribution is -0.125. The van der Waals surface area contributed by atoms with E-state index in [1.807, 2.05) is 11.0 Å². The quantitative estimate of drug-likeness (QED) is 0.778. The molecule has 0 aromatic rings. The van der Waals surface area contributed by atoms with Crippen LogP contribution in [0.5, 0.6) is 0 Å². The summed E-state index contributed by atoms with van der Waals surface area (Å²) in [6.45, 7) is 8.23. The van der Waals surface area contributed by atoms with E-state index in [0.29, 0.717) is 6.54 Å². The van der Waals surface area contributed by atoms with Crippen molar-refractivity contribution in [1.29, 1.82) is 0 Å². The van der Waals surface area contributed by atoms with Crippen LogP contribution in [0.25, 0.3) is 0 Å². The van der Waals surface area contributed by atoms with Gasteiger partial charge in [0.2, 0.25) is 5.91 Å². The second kappa shape index (κ2) is 5.49. The van der Waals surface area contributed by atoms with E-state index in [-0.39, 0.29) is 17.4 Å². The highest BCUT2D eigenvalue weighted by Crippen LogP contribution is 2.40. The third-order valence-electron chi connectivity index (χ3n) is 4.47. The Kier molecular flexibility index (Phi) is 4.14. The zero-order chi connectivity index (χ0) is 14.0. The first-order valence-electron chi connectivity index (χ1n) is 7.33. The molecule has 19 heavy (non-hydrogen) atoms. The van der Waals surface area contributed by atoms with Crippen LogP contribution in [0.2, 0.25) is 0 Å². The molecule has 2 aliphatic rings. The topological polar surface area (TPSA) is 46.3 Å². The molecule has 1 fully saturated rings. The van der Waals surface area contributed by atoms with Crippen LogP contribution in [0.15, 0.2) is 23.3 Å². The summed E-state index contributed by atoms with van der Waals surface area (Å²) in [6, 6.07) is 0.157. The first kappa shape index (κ1) is 14.3. The Morgan fingerprint density at radius 2 is 2.21 bits per heavy atom. The maximum Gasteiger partial charge on any atom is 0.246 e. The van der Waals surface area contributed by atoms with Crippen molar-refractivity contribution < 1.29 is 4.79 Å². The molecule has 1 saturated heterocycles. The summed E-state index contributed by atoms with van der Waals surface area (Å²) in [5.74, 6) is 0.106. The van der Waals surface area contributed by atoms with Gasteiger partial charge < -0.3 is 10.6 Å². The predicted molar refractivity (Wildman–Crippen MR) is 78.6 cm³/mol. The fourth-order valence-corrected chi connectivity index (χ4v) is 3.26. The van der Waals surface area contributed by atoms with E-state index in [1.54, 1.807) is 6.08 Å². The average Bonchev–Trinajstić information content (AvgIpc) is 2.74. The van der Waals surface area contributed by atoms with E-state index in [4.69, 9.17) is 5.73 Å². The molecular formula is C16H26N2O. The van der Waals surface area contributed by atoms with Gasteiger partial charge in [0.1, 0.15) is 0 Å². The Morgan fingerprint density at radius 3 is 2.79 bits per heavy atom. The van der Waals surface area contributed by atoms with Crippen LogP contribution in [0.3, 0.4) is 0 Å². The third-order valence-corrected chi connectivity index (χ3v) is 4.47. The van der Waals surface area contributed by atoms with Crippen molar-refractivity contribution in [2.45, 2.75) is 52.5 Å². The molecule has 2 rings (SSSR count). The highest BCUT2D eigenvalue weighted by atomic mass is 16.2. The summed E-state index contributed by atoms with van der Waals surface area (Å²) < 4.78 is 0. The van der Waals surface area contributed by atoms with Crippen LogP contribution in [-0.2, 0) is 4.79 Å². The van der Waals surface area contributed by atoms with Gasteiger partial charge in [-0.15, -0.1) is 0 Å². The minimum absolute atomic E-state index is 0.106. The highest BCUT2D eigenvalue weighted by molar-refractivity contribution is 5.88. The Bertz CT molecular complexity index is 420. The van der Waals surface area contributed by atoms with Crippen molar-refractivity contribution >= 4 is 5.91 Å². The lowest BCUT2D eigenvalue weighted by Crippen LogP contribution is -2.30. The highest BCUT2D eigenvalue weighted by Gasteiger charge is 2.27. The van der Waals surface area contributed by atoms with Crippen LogP contribution in [0, 0.1) is 5.41 Å². The summed E-state index contributed by atoms with van der Waals surface area (Å²) in [6.07, 6.45) is 8.32. The number of nitrogens with zero attached hydrogens (tertiary/aromatic N) is 1. The second-order valence-electron chi connectivity index (χ2n) is 6.60. The maximum atomic E-state index is 12.1. The lowest BCUT2D eigenvalue weighted by atomic mass is 9.72. The third kappa shape index (κ3) is 3.27. The van der Waals surface area contributed by atoms with Crippen LogP contribution in [-0.4, -0.2) is 29.9 Å². The largest absolute Gasteiger partial charge is 0.338 e. The molecule has 1 aliphatic heterocycles. The normalized spacial score (nSPS) is 27.4. The number of carbonyl (C=O) groups excluding carboxylic acids is 1. The van der Waals surface area contributed by atoms with Gasteiger partial charge in [0.05, 0.1) is 0 Å². The summed E-state index contributed by atoms with van der Waals surface area (Å²) >= 11 is 0. The molecule has 0 aromatic heterocycles. The van der Waals surface area contributed by atoms with Crippen molar-refractivity contribution in [3.8, 4) is 0 Å². The fourth-order valence-electron chi connectivity index (χ4n) is 3.26. The van der Waals surface area contributed by atoms with E-state index < -0.39 is 0 Å². The molecule has 0 aromatic carbocycles. The van der Waals surface area contributed by atoms with E-state index in [1.165, 1.54) is 24.0 Å². The zero-order valence-electron chi connectivity index (χ0n) is 12.4. The number of hydrogen-bond donors (Lipinski definition) is 1. The van der Waals surface area contributed by atoms with Crippen LogP contribution in [0.1, 0.15) is 46.5 Å². The smallest absolute Gasteiger partial charge is 0.246 e. The van der Waals surface area contributed by atoms with Crippen LogP contribution >= 0.6 is 0 Å². The number of rotatable bonds is 2. The molecule has 0 bridgehead atoms. The average molecular weight is 262 g/mol. The van der Waals surface area contributed by atoms with Gasteiger partial charge in [-0.25, -0.2) is 0 Å². The standard InChI is InChI=1S/C16H26N2O/c1-12-5-4-9-16(2,3)14(12)6-7-15(19)18-10-8-13(17)11-18/h6-7,13H,4-5,8-11,17H2,1-3H3. The molecule has 1 heterocycles. The Labute approximate surface area is 116 Å². The van der Waals surface area contributed by atoms with Crippen molar-refractivity contribution in [3.63, 3.8) is 0 Å². The van der Waals surface area contributed by atoms with Gasteiger partial charge in [0.25, 0.3) is 0 Å². The van der Waals surface area contributed by atoms with E-state index in [9.17, 15) is 4.79 Å². The van der Waals surface area contributed by atoms with Gasteiger partial charge in [-0.1, -0.05) is 25.5 Å². The van der Waals surface area contributed by atoms with Crippen molar-refractivity contribution in [2.75, 3.05) is 13.1 Å². The first-order chi connectivity index (χ1) is 8.90. The molecule has 0 saturated carbocycles. The Balaban J connectivity index is 2.07. The maximum absolute atomic E-state index is 12.1. The minimum atomic E-state index is 0.106. The Morgan fingerprint density at radius 1 is 1.47 bits per heavy atom. The molecule has 1 unspecified atom stereocenters. The Hall–Kier alpha value is -1.09.